The number of rotatable bonds is 9. The molecule has 4 aromatic rings. The maximum atomic E-state index is 12.8. The second-order valence-electron chi connectivity index (χ2n) is 9.33. The van der Waals surface area contributed by atoms with E-state index in [0.717, 1.165) is 17.4 Å². The topological polar surface area (TPSA) is 113 Å². The highest BCUT2D eigenvalue weighted by atomic mass is 35.5. The zero-order valence-corrected chi connectivity index (χ0v) is 24.4. The number of hydrogen-bond donors (Lipinski definition) is 2. The summed E-state index contributed by atoms with van der Waals surface area (Å²) in [5, 5.41) is 3.16. The number of hydrogen-bond acceptors (Lipinski definition) is 5. The Morgan fingerprint density at radius 1 is 0.800 bits per heavy atom. The van der Waals surface area contributed by atoms with E-state index < -0.39 is 26.0 Å². The van der Waals surface area contributed by atoms with Gasteiger partial charge < -0.3 is 5.32 Å². The van der Waals surface area contributed by atoms with Gasteiger partial charge in [0.25, 0.3) is 15.9 Å². The molecule has 4 rings (SSSR count). The summed E-state index contributed by atoms with van der Waals surface area (Å²) in [6.07, 6.45) is 1.12. The molecule has 0 heterocycles. The van der Waals surface area contributed by atoms with Crippen LogP contribution >= 0.6 is 11.6 Å². The molecule has 0 aromatic heterocycles. The van der Waals surface area contributed by atoms with Crippen LogP contribution in [0.4, 0.5) is 17.1 Å². The number of halogens is 1. The van der Waals surface area contributed by atoms with Gasteiger partial charge >= 0.3 is 0 Å². The van der Waals surface area contributed by atoms with Gasteiger partial charge in [0.1, 0.15) is 0 Å². The summed E-state index contributed by atoms with van der Waals surface area (Å²) < 4.78 is 54.2. The first kappa shape index (κ1) is 29.1. The molecule has 0 spiro atoms. The fraction of sp³-hybridized carbons (Fsp3) is 0.138. The van der Waals surface area contributed by atoms with Gasteiger partial charge in [-0.25, -0.2) is 16.8 Å². The molecule has 1 amide bonds. The van der Waals surface area contributed by atoms with Gasteiger partial charge in [-0.3, -0.25) is 13.8 Å². The van der Waals surface area contributed by atoms with E-state index in [9.17, 15) is 21.6 Å². The molecule has 0 saturated carbocycles. The number of sulfonamides is 2. The smallest absolute Gasteiger partial charge is 0.261 e. The fourth-order valence-electron chi connectivity index (χ4n) is 3.90. The van der Waals surface area contributed by atoms with Crippen LogP contribution in [0.15, 0.2) is 95.9 Å². The summed E-state index contributed by atoms with van der Waals surface area (Å²) in [7, 11) is -7.39. The van der Waals surface area contributed by atoms with E-state index in [1.54, 1.807) is 60.7 Å². The van der Waals surface area contributed by atoms with Gasteiger partial charge in [-0.1, -0.05) is 35.9 Å². The molecule has 40 heavy (non-hydrogen) atoms. The van der Waals surface area contributed by atoms with E-state index >= 15 is 0 Å². The van der Waals surface area contributed by atoms with Crippen molar-refractivity contribution in [1.29, 1.82) is 0 Å². The molecular weight excluding hydrogens is 570 g/mol. The number of nitrogens with one attached hydrogen (secondary N) is 2. The first-order valence-corrected chi connectivity index (χ1v) is 15.9. The van der Waals surface area contributed by atoms with E-state index in [0.29, 0.717) is 33.2 Å². The SMILES string of the molecule is Cc1ccc(NS(=O)(=O)c2ccc(NC(=O)c3ccc(CN(c4cccc(Cl)c4)S(C)(=O)=O)cc3)cc2)cc1C. The van der Waals surface area contributed by atoms with Crippen LogP contribution in [0.5, 0.6) is 0 Å². The van der Waals surface area contributed by atoms with Gasteiger partial charge in [-0.05, 0) is 97.3 Å². The lowest BCUT2D eigenvalue weighted by molar-refractivity contribution is 0.102. The molecule has 0 radical (unpaired) electrons. The van der Waals surface area contributed by atoms with Gasteiger partial charge in [0, 0.05) is 22.0 Å². The van der Waals surface area contributed by atoms with Crippen molar-refractivity contribution in [3.63, 3.8) is 0 Å². The normalized spacial score (nSPS) is 11.6. The molecule has 11 heteroatoms. The molecule has 0 unspecified atom stereocenters. The number of nitrogens with zero attached hydrogens (tertiary/aromatic N) is 1. The minimum absolute atomic E-state index is 0.0585. The standard InChI is InChI=1S/C29H28ClN3O5S2/c1-20-7-12-26(17-21(20)2)32-40(37,38)28-15-13-25(14-16-28)31-29(34)23-10-8-22(9-11-23)19-33(39(3,35)36)27-6-4-5-24(30)18-27/h4-18,32H,19H2,1-3H3,(H,31,34). The summed E-state index contributed by atoms with van der Waals surface area (Å²) in [6, 6.07) is 24.3. The number of carbonyl (C=O) groups is 1. The first-order valence-electron chi connectivity index (χ1n) is 12.2. The molecule has 0 aliphatic carbocycles. The number of aryl methyl sites for hydroxylation is 2. The Labute approximate surface area is 239 Å². The fourth-order valence-corrected chi connectivity index (χ4v) is 6.01. The average molecular weight is 598 g/mol. The van der Waals surface area contributed by atoms with Crippen molar-refractivity contribution in [2.75, 3.05) is 20.6 Å². The number of benzene rings is 4. The summed E-state index contributed by atoms with van der Waals surface area (Å²) in [5.41, 5.74) is 4.38. The molecule has 0 fully saturated rings. The van der Waals surface area contributed by atoms with Crippen molar-refractivity contribution in [1.82, 2.24) is 0 Å². The second kappa shape index (κ2) is 11.7. The van der Waals surface area contributed by atoms with Gasteiger partial charge in [0.2, 0.25) is 10.0 Å². The summed E-state index contributed by atoms with van der Waals surface area (Å²) in [6.45, 7) is 3.92. The van der Waals surface area contributed by atoms with Crippen LogP contribution in [0.2, 0.25) is 5.02 Å². The third kappa shape index (κ3) is 7.20. The van der Waals surface area contributed by atoms with Crippen LogP contribution in [-0.2, 0) is 26.6 Å². The van der Waals surface area contributed by atoms with Crippen molar-refractivity contribution in [2.24, 2.45) is 0 Å². The van der Waals surface area contributed by atoms with Crippen LogP contribution in [0.1, 0.15) is 27.0 Å². The lowest BCUT2D eigenvalue weighted by atomic mass is 10.1. The van der Waals surface area contributed by atoms with Gasteiger partial charge in [0.15, 0.2) is 0 Å². The lowest BCUT2D eigenvalue weighted by Crippen LogP contribution is -2.29. The second-order valence-corrected chi connectivity index (χ2v) is 13.4. The van der Waals surface area contributed by atoms with E-state index in [1.165, 1.54) is 28.6 Å². The zero-order valence-electron chi connectivity index (χ0n) is 22.1. The first-order chi connectivity index (χ1) is 18.8. The van der Waals surface area contributed by atoms with Crippen LogP contribution < -0.4 is 14.3 Å². The zero-order chi connectivity index (χ0) is 29.1. The molecule has 0 atom stereocenters. The summed E-state index contributed by atoms with van der Waals surface area (Å²) in [4.78, 5) is 12.8. The van der Waals surface area contributed by atoms with Crippen LogP contribution in [0, 0.1) is 13.8 Å². The monoisotopic (exact) mass is 597 g/mol. The summed E-state index contributed by atoms with van der Waals surface area (Å²) >= 11 is 6.04. The van der Waals surface area contributed by atoms with Crippen molar-refractivity contribution >= 4 is 54.6 Å². The average Bonchev–Trinajstić information content (AvgIpc) is 2.89. The van der Waals surface area contributed by atoms with Gasteiger partial charge in [-0.15, -0.1) is 0 Å². The molecule has 0 aliphatic heterocycles. The Hall–Kier alpha value is -3.86. The number of anilines is 3. The molecule has 2 N–H and O–H groups in total. The maximum absolute atomic E-state index is 12.8. The Kier molecular flexibility index (Phi) is 8.53. The maximum Gasteiger partial charge on any atom is 0.261 e. The molecular formula is C29H28ClN3O5S2. The molecule has 208 valence electrons. The Morgan fingerprint density at radius 2 is 1.45 bits per heavy atom. The largest absolute Gasteiger partial charge is 0.322 e. The van der Waals surface area contributed by atoms with Crippen molar-refractivity contribution in [3.8, 4) is 0 Å². The van der Waals surface area contributed by atoms with Crippen molar-refractivity contribution in [3.05, 3.63) is 118 Å². The van der Waals surface area contributed by atoms with Gasteiger partial charge in [0.05, 0.1) is 23.4 Å². The third-order valence-corrected chi connectivity index (χ3v) is 8.99. The third-order valence-electron chi connectivity index (χ3n) is 6.22. The molecule has 4 aromatic carbocycles. The Balaban J connectivity index is 1.42. The van der Waals surface area contributed by atoms with Gasteiger partial charge in [-0.2, -0.15) is 0 Å². The molecule has 8 nitrogen and oxygen atoms in total. The van der Waals surface area contributed by atoms with E-state index in [4.69, 9.17) is 11.6 Å². The van der Waals surface area contributed by atoms with Crippen molar-refractivity contribution < 1.29 is 21.6 Å². The molecule has 0 aliphatic rings. The minimum atomic E-state index is -3.81. The van der Waals surface area contributed by atoms with E-state index in [1.807, 2.05) is 19.9 Å². The minimum Gasteiger partial charge on any atom is -0.322 e. The highest BCUT2D eigenvalue weighted by Gasteiger charge is 2.19. The molecule has 0 saturated heterocycles. The highest BCUT2D eigenvalue weighted by molar-refractivity contribution is 7.92. The summed E-state index contributed by atoms with van der Waals surface area (Å²) in [5.74, 6) is -0.398. The van der Waals surface area contributed by atoms with Crippen LogP contribution in [0.25, 0.3) is 0 Å². The predicted molar refractivity (Wildman–Crippen MR) is 160 cm³/mol. The quantitative estimate of drug-likeness (QED) is 0.247. The highest BCUT2D eigenvalue weighted by Crippen LogP contribution is 2.25. The number of amides is 1. The van der Waals surface area contributed by atoms with E-state index in [-0.39, 0.29) is 11.4 Å². The van der Waals surface area contributed by atoms with Crippen LogP contribution in [-0.4, -0.2) is 29.0 Å². The lowest BCUT2D eigenvalue weighted by Gasteiger charge is -2.22. The van der Waals surface area contributed by atoms with Crippen LogP contribution in [0.3, 0.4) is 0 Å². The molecule has 0 bridgehead atoms. The van der Waals surface area contributed by atoms with E-state index in [2.05, 4.69) is 10.0 Å². The predicted octanol–water partition coefficient (Wildman–Crippen LogP) is 5.98. The van der Waals surface area contributed by atoms with Crippen molar-refractivity contribution in [2.45, 2.75) is 25.3 Å². The Bertz CT molecular complexity index is 1760. The Morgan fingerprint density at radius 3 is 2.05 bits per heavy atom. The number of carbonyl (C=O) groups excluding carboxylic acids is 1.